The van der Waals surface area contributed by atoms with E-state index >= 15 is 0 Å². The first-order valence-corrected chi connectivity index (χ1v) is 8.17. The number of carbonyl (C=O) groups is 1. The van der Waals surface area contributed by atoms with Gasteiger partial charge in [0.1, 0.15) is 5.75 Å². The van der Waals surface area contributed by atoms with Crippen LogP contribution >= 0.6 is 0 Å². The molecule has 5 nitrogen and oxygen atoms in total. The van der Waals surface area contributed by atoms with Gasteiger partial charge in [0.05, 0.1) is 7.11 Å². The Kier molecular flexibility index (Phi) is 5.05. The summed E-state index contributed by atoms with van der Waals surface area (Å²) in [6.45, 7) is 2.06. The summed E-state index contributed by atoms with van der Waals surface area (Å²) in [5.41, 5.74) is 1.03. The third-order valence-corrected chi connectivity index (χ3v) is 4.28. The summed E-state index contributed by atoms with van der Waals surface area (Å²) in [5.74, 6) is 2.47. The summed E-state index contributed by atoms with van der Waals surface area (Å²) < 4.78 is 16.1. The smallest absolute Gasteiger partial charge is 0.231 e. The van der Waals surface area contributed by atoms with Crippen LogP contribution in [0.25, 0.3) is 0 Å². The number of methoxy groups -OCH3 is 1. The van der Waals surface area contributed by atoms with Gasteiger partial charge in [-0.3, -0.25) is 4.79 Å². The number of carbonyl (C=O) groups excluding carboxylic acids is 1. The molecule has 0 spiro atoms. The van der Waals surface area contributed by atoms with Crippen LogP contribution in [0.15, 0.2) is 24.3 Å². The van der Waals surface area contributed by atoms with Crippen LogP contribution in [0.1, 0.15) is 31.2 Å². The molecule has 0 bridgehead atoms. The van der Waals surface area contributed by atoms with Gasteiger partial charge < -0.3 is 19.1 Å². The fraction of sp³-hybridized carbons (Fsp3) is 0.500. The Hall–Kier alpha value is -2.17. The van der Waals surface area contributed by atoms with Gasteiger partial charge in [-0.05, 0) is 31.7 Å². The highest BCUT2D eigenvalue weighted by atomic mass is 16.7. The summed E-state index contributed by atoms with van der Waals surface area (Å²) in [5, 5.41) is 0. The molecule has 1 amide bonds. The number of hydrogen-bond acceptors (Lipinski definition) is 4. The molecule has 2 aliphatic heterocycles. The molecule has 23 heavy (non-hydrogen) atoms. The van der Waals surface area contributed by atoms with Crippen molar-refractivity contribution in [2.75, 3.05) is 27.0 Å². The monoisotopic (exact) mass is 317 g/mol. The molecule has 3 rings (SSSR count). The van der Waals surface area contributed by atoms with Gasteiger partial charge in [0.15, 0.2) is 11.5 Å². The van der Waals surface area contributed by atoms with Crippen molar-refractivity contribution in [3.05, 3.63) is 29.8 Å². The summed E-state index contributed by atoms with van der Waals surface area (Å²) >= 11 is 0. The third kappa shape index (κ3) is 3.78. The van der Waals surface area contributed by atoms with Gasteiger partial charge in [-0.25, -0.2) is 0 Å². The van der Waals surface area contributed by atoms with Crippen molar-refractivity contribution in [2.24, 2.45) is 0 Å². The van der Waals surface area contributed by atoms with Gasteiger partial charge in [-0.1, -0.05) is 12.2 Å². The molecule has 1 aromatic carbocycles. The summed E-state index contributed by atoms with van der Waals surface area (Å²) in [6.07, 6.45) is 8.63. The summed E-state index contributed by atoms with van der Waals surface area (Å²) in [7, 11) is 1.64. The van der Waals surface area contributed by atoms with Crippen LogP contribution < -0.4 is 14.2 Å². The van der Waals surface area contributed by atoms with Gasteiger partial charge in [0.25, 0.3) is 0 Å². The molecule has 0 aliphatic carbocycles. The van der Waals surface area contributed by atoms with Crippen molar-refractivity contribution < 1.29 is 19.0 Å². The lowest BCUT2D eigenvalue weighted by molar-refractivity contribution is -0.131. The molecule has 124 valence electrons. The zero-order valence-electron chi connectivity index (χ0n) is 13.5. The average Bonchev–Trinajstić information content (AvgIpc) is 3.05. The van der Waals surface area contributed by atoms with Crippen molar-refractivity contribution >= 4 is 5.91 Å². The lowest BCUT2D eigenvalue weighted by Gasteiger charge is -2.26. The molecule has 1 fully saturated rings. The Balaban J connectivity index is 1.56. The minimum Gasteiger partial charge on any atom is -0.496 e. The number of nitrogens with zero attached hydrogens (tertiary/aromatic N) is 1. The second-order valence-electron chi connectivity index (χ2n) is 5.84. The van der Waals surface area contributed by atoms with Crippen LogP contribution in [0, 0.1) is 0 Å². The minimum atomic E-state index is 0.221. The first-order valence-electron chi connectivity index (χ1n) is 8.17. The highest BCUT2D eigenvalue weighted by molar-refractivity contribution is 5.77. The predicted molar refractivity (Wildman–Crippen MR) is 87.0 cm³/mol. The first-order chi connectivity index (χ1) is 11.3. The normalized spacial score (nSPS) is 16.8. The van der Waals surface area contributed by atoms with E-state index in [1.54, 1.807) is 7.11 Å². The highest BCUT2D eigenvalue weighted by Gasteiger charge is 2.17. The number of hydrogen-bond donors (Lipinski definition) is 0. The van der Waals surface area contributed by atoms with E-state index in [1.165, 1.54) is 6.42 Å². The topological polar surface area (TPSA) is 48.0 Å². The molecule has 1 aromatic rings. The van der Waals surface area contributed by atoms with Gasteiger partial charge in [0, 0.05) is 31.1 Å². The Morgan fingerprint density at radius 3 is 2.65 bits per heavy atom. The molecule has 0 N–H and O–H groups in total. The fourth-order valence-corrected chi connectivity index (χ4v) is 2.98. The van der Waals surface area contributed by atoms with Crippen molar-refractivity contribution in [2.45, 2.75) is 32.1 Å². The Labute approximate surface area is 136 Å². The third-order valence-electron chi connectivity index (χ3n) is 4.28. The second-order valence-corrected chi connectivity index (χ2v) is 5.84. The van der Waals surface area contributed by atoms with Crippen molar-refractivity contribution in [3.8, 4) is 17.2 Å². The molecule has 2 aliphatic rings. The van der Waals surface area contributed by atoms with Gasteiger partial charge in [-0.15, -0.1) is 0 Å². The minimum absolute atomic E-state index is 0.221. The maximum atomic E-state index is 12.1. The number of rotatable bonds is 5. The Morgan fingerprint density at radius 1 is 1.17 bits per heavy atom. The lowest BCUT2D eigenvalue weighted by atomic mass is 10.1. The van der Waals surface area contributed by atoms with E-state index in [4.69, 9.17) is 14.2 Å². The molecule has 0 unspecified atom stereocenters. The van der Waals surface area contributed by atoms with Crippen LogP contribution in [-0.4, -0.2) is 37.8 Å². The molecule has 0 saturated carbocycles. The van der Waals surface area contributed by atoms with Gasteiger partial charge in [0.2, 0.25) is 12.7 Å². The summed E-state index contributed by atoms with van der Waals surface area (Å²) in [6, 6.07) is 3.79. The van der Waals surface area contributed by atoms with Gasteiger partial charge >= 0.3 is 0 Å². The van der Waals surface area contributed by atoms with Crippen molar-refractivity contribution in [3.63, 3.8) is 0 Å². The van der Waals surface area contributed by atoms with E-state index in [9.17, 15) is 4.79 Å². The van der Waals surface area contributed by atoms with Gasteiger partial charge in [-0.2, -0.15) is 0 Å². The van der Waals surface area contributed by atoms with Crippen LogP contribution in [0.5, 0.6) is 17.2 Å². The van der Waals surface area contributed by atoms with Crippen molar-refractivity contribution in [1.82, 2.24) is 4.90 Å². The van der Waals surface area contributed by atoms with Crippen LogP contribution in [-0.2, 0) is 11.2 Å². The zero-order valence-corrected chi connectivity index (χ0v) is 13.5. The first kappa shape index (κ1) is 15.7. The maximum Gasteiger partial charge on any atom is 0.231 e. The standard InChI is InChI=1S/C18H23NO4/c1-21-15-12-17-16(22-13-23-17)11-14(15)7-3-4-8-18(20)19-9-5-2-6-10-19/h3-4,11-12H,2,5-10,13H2,1H3/b4-3+. The number of amides is 1. The number of fused-ring (bicyclic) bond motifs is 1. The number of benzene rings is 1. The zero-order chi connectivity index (χ0) is 16.1. The number of piperidine rings is 1. The lowest BCUT2D eigenvalue weighted by Crippen LogP contribution is -2.35. The van der Waals surface area contributed by atoms with E-state index in [2.05, 4.69) is 0 Å². The van der Waals surface area contributed by atoms with Crippen LogP contribution in [0.2, 0.25) is 0 Å². The van der Waals surface area contributed by atoms with E-state index in [1.807, 2.05) is 29.2 Å². The molecule has 2 heterocycles. The summed E-state index contributed by atoms with van der Waals surface area (Å²) in [4.78, 5) is 14.1. The molecular formula is C18H23NO4. The fourth-order valence-electron chi connectivity index (χ4n) is 2.98. The van der Waals surface area contributed by atoms with Crippen LogP contribution in [0.4, 0.5) is 0 Å². The maximum absolute atomic E-state index is 12.1. The number of ether oxygens (including phenoxy) is 3. The van der Waals surface area contributed by atoms with E-state index < -0.39 is 0 Å². The second kappa shape index (κ2) is 7.40. The van der Waals surface area contributed by atoms with Crippen molar-refractivity contribution in [1.29, 1.82) is 0 Å². The highest BCUT2D eigenvalue weighted by Crippen LogP contribution is 2.38. The van der Waals surface area contributed by atoms with E-state index in [0.29, 0.717) is 12.8 Å². The van der Waals surface area contributed by atoms with E-state index in [-0.39, 0.29) is 12.7 Å². The van der Waals surface area contributed by atoms with Crippen LogP contribution in [0.3, 0.4) is 0 Å². The number of likely N-dealkylation sites (tertiary alicyclic amines) is 1. The van der Waals surface area contributed by atoms with E-state index in [0.717, 1.165) is 48.7 Å². The Morgan fingerprint density at radius 2 is 1.91 bits per heavy atom. The molecule has 0 atom stereocenters. The molecular weight excluding hydrogens is 294 g/mol. The molecule has 0 radical (unpaired) electrons. The predicted octanol–water partition coefficient (Wildman–Crippen LogP) is 2.93. The average molecular weight is 317 g/mol. The quantitative estimate of drug-likeness (QED) is 0.784. The largest absolute Gasteiger partial charge is 0.496 e. The molecule has 1 saturated heterocycles. The SMILES string of the molecule is COc1cc2c(cc1C/C=C/CC(=O)N1CCCCC1)OCO2. The Bertz CT molecular complexity index is 591. The molecule has 0 aromatic heterocycles. The number of allylic oxidation sites excluding steroid dienone is 1. The molecule has 5 heteroatoms.